The molecule has 84 valence electrons. The van der Waals surface area contributed by atoms with Crippen LogP contribution in [0.2, 0.25) is 0 Å². The number of pyridine rings is 1. The van der Waals surface area contributed by atoms with Gasteiger partial charge in [0.15, 0.2) is 5.82 Å². The number of anilines is 2. The van der Waals surface area contributed by atoms with E-state index in [0.29, 0.717) is 22.7 Å². The number of aromatic nitrogens is 3. The predicted molar refractivity (Wildman–Crippen MR) is 64.9 cm³/mol. The van der Waals surface area contributed by atoms with Gasteiger partial charge in [-0.15, -0.1) is 0 Å². The summed E-state index contributed by atoms with van der Waals surface area (Å²) in [7, 11) is 0. The lowest BCUT2D eigenvalue weighted by Gasteiger charge is -2.17. The molecule has 2 aromatic rings. The Morgan fingerprint density at radius 1 is 1.12 bits per heavy atom. The number of hydrogen-bond acceptors (Lipinski definition) is 5. The van der Waals surface area contributed by atoms with E-state index in [0.717, 1.165) is 5.69 Å². The van der Waals surface area contributed by atoms with Crippen molar-refractivity contribution in [3.05, 3.63) is 18.0 Å². The highest BCUT2D eigenvalue weighted by atomic mass is 15.0. The van der Waals surface area contributed by atoms with E-state index in [1.54, 1.807) is 12.3 Å². The topological polar surface area (TPSA) is 90.7 Å². The molecule has 0 bridgehead atoms. The van der Waals surface area contributed by atoms with Crippen LogP contribution >= 0.6 is 0 Å². The van der Waals surface area contributed by atoms with Crippen LogP contribution in [-0.2, 0) is 5.41 Å². The van der Waals surface area contributed by atoms with Gasteiger partial charge in [-0.1, -0.05) is 20.8 Å². The van der Waals surface area contributed by atoms with Crippen molar-refractivity contribution in [2.24, 2.45) is 0 Å². The van der Waals surface area contributed by atoms with Crippen molar-refractivity contribution in [1.82, 2.24) is 15.0 Å². The second-order valence-corrected chi connectivity index (χ2v) is 4.81. The summed E-state index contributed by atoms with van der Waals surface area (Å²) in [5.41, 5.74) is 13.5. The van der Waals surface area contributed by atoms with Crippen LogP contribution in [0.4, 0.5) is 11.6 Å². The lowest BCUT2D eigenvalue weighted by atomic mass is 9.92. The molecular formula is C11H15N5. The van der Waals surface area contributed by atoms with E-state index in [2.05, 4.69) is 35.7 Å². The van der Waals surface area contributed by atoms with Crippen molar-refractivity contribution in [3.8, 4) is 0 Å². The minimum Gasteiger partial charge on any atom is -0.384 e. The van der Waals surface area contributed by atoms with Crippen molar-refractivity contribution in [2.45, 2.75) is 26.2 Å². The second kappa shape index (κ2) is 3.30. The van der Waals surface area contributed by atoms with Gasteiger partial charge in [0.1, 0.15) is 11.3 Å². The SMILES string of the molecule is CC(C)(C)c1cnc2c(N)nc(N)cc2n1. The predicted octanol–water partition coefficient (Wildman–Crippen LogP) is 1.49. The second-order valence-electron chi connectivity index (χ2n) is 4.81. The average molecular weight is 217 g/mol. The van der Waals surface area contributed by atoms with Gasteiger partial charge in [-0.05, 0) is 0 Å². The van der Waals surface area contributed by atoms with E-state index < -0.39 is 0 Å². The zero-order chi connectivity index (χ0) is 11.9. The molecule has 0 aliphatic carbocycles. The van der Waals surface area contributed by atoms with Gasteiger partial charge in [0.05, 0.1) is 11.2 Å². The summed E-state index contributed by atoms with van der Waals surface area (Å²) in [6.07, 6.45) is 1.73. The van der Waals surface area contributed by atoms with Gasteiger partial charge in [0, 0.05) is 17.7 Å². The van der Waals surface area contributed by atoms with Crippen LogP contribution in [0.5, 0.6) is 0 Å². The fourth-order valence-electron chi connectivity index (χ4n) is 1.43. The summed E-state index contributed by atoms with van der Waals surface area (Å²) in [5.74, 6) is 0.688. The molecule has 2 heterocycles. The number of rotatable bonds is 0. The standard InChI is InChI=1S/C11H15N5/c1-11(2,3)7-5-14-9-6(15-7)4-8(12)16-10(9)13/h4-5H,1-3H3,(H4,12,13,16). The van der Waals surface area contributed by atoms with Gasteiger partial charge in [-0.25, -0.2) is 15.0 Å². The Kier molecular flexibility index (Phi) is 2.18. The maximum Gasteiger partial charge on any atom is 0.154 e. The van der Waals surface area contributed by atoms with Gasteiger partial charge in [0.2, 0.25) is 0 Å². The summed E-state index contributed by atoms with van der Waals surface area (Å²) in [4.78, 5) is 12.7. The normalized spacial score (nSPS) is 11.9. The molecule has 5 nitrogen and oxygen atoms in total. The molecule has 0 aliphatic heterocycles. The zero-order valence-corrected chi connectivity index (χ0v) is 9.65. The molecule has 0 spiro atoms. The molecule has 4 N–H and O–H groups in total. The van der Waals surface area contributed by atoms with Crippen LogP contribution in [-0.4, -0.2) is 15.0 Å². The molecule has 0 saturated heterocycles. The highest BCUT2D eigenvalue weighted by molar-refractivity contribution is 5.86. The Bertz CT molecular complexity index is 542. The van der Waals surface area contributed by atoms with Crippen molar-refractivity contribution in [2.75, 3.05) is 11.5 Å². The fraction of sp³-hybridized carbons (Fsp3) is 0.364. The molecule has 0 radical (unpaired) electrons. The van der Waals surface area contributed by atoms with Crippen molar-refractivity contribution < 1.29 is 0 Å². The molecule has 0 aliphatic rings. The molecule has 0 atom stereocenters. The third-order valence-electron chi connectivity index (χ3n) is 2.34. The molecule has 16 heavy (non-hydrogen) atoms. The van der Waals surface area contributed by atoms with Crippen LogP contribution < -0.4 is 11.5 Å². The Labute approximate surface area is 93.9 Å². The van der Waals surface area contributed by atoms with Gasteiger partial charge in [0.25, 0.3) is 0 Å². The lowest BCUT2D eigenvalue weighted by molar-refractivity contribution is 0.568. The van der Waals surface area contributed by atoms with E-state index in [9.17, 15) is 0 Å². The van der Waals surface area contributed by atoms with Gasteiger partial charge >= 0.3 is 0 Å². The van der Waals surface area contributed by atoms with Crippen molar-refractivity contribution in [3.63, 3.8) is 0 Å². The average Bonchev–Trinajstić information content (AvgIpc) is 2.15. The Hall–Kier alpha value is -1.91. The van der Waals surface area contributed by atoms with Crippen LogP contribution in [0.15, 0.2) is 12.3 Å². The summed E-state index contributed by atoms with van der Waals surface area (Å²) in [5, 5.41) is 0. The Balaban J connectivity index is 2.71. The largest absolute Gasteiger partial charge is 0.384 e. The monoisotopic (exact) mass is 217 g/mol. The van der Waals surface area contributed by atoms with Gasteiger partial charge in [-0.3, -0.25) is 0 Å². The van der Waals surface area contributed by atoms with E-state index in [1.807, 2.05) is 0 Å². The molecule has 0 fully saturated rings. The first-order chi connectivity index (χ1) is 7.38. The van der Waals surface area contributed by atoms with Gasteiger partial charge < -0.3 is 11.5 Å². The van der Waals surface area contributed by atoms with Crippen molar-refractivity contribution >= 4 is 22.7 Å². The number of nitrogen functional groups attached to an aromatic ring is 2. The van der Waals surface area contributed by atoms with Crippen LogP contribution in [0, 0.1) is 0 Å². The van der Waals surface area contributed by atoms with Gasteiger partial charge in [-0.2, -0.15) is 0 Å². The summed E-state index contributed by atoms with van der Waals surface area (Å²) in [6, 6.07) is 1.69. The van der Waals surface area contributed by atoms with Crippen LogP contribution in [0.25, 0.3) is 11.0 Å². The summed E-state index contributed by atoms with van der Waals surface area (Å²) in [6.45, 7) is 6.24. The minimum atomic E-state index is -0.0476. The first-order valence-corrected chi connectivity index (χ1v) is 5.07. The van der Waals surface area contributed by atoms with Crippen LogP contribution in [0.3, 0.4) is 0 Å². The zero-order valence-electron chi connectivity index (χ0n) is 9.65. The lowest BCUT2D eigenvalue weighted by Crippen LogP contribution is -2.14. The van der Waals surface area contributed by atoms with Crippen LogP contribution in [0.1, 0.15) is 26.5 Å². The third-order valence-corrected chi connectivity index (χ3v) is 2.34. The molecule has 0 saturated carbocycles. The molecular weight excluding hydrogens is 202 g/mol. The molecule has 0 aromatic carbocycles. The molecule has 2 aromatic heterocycles. The highest BCUT2D eigenvalue weighted by Crippen LogP contribution is 2.23. The van der Waals surface area contributed by atoms with Crippen molar-refractivity contribution in [1.29, 1.82) is 0 Å². The molecule has 5 heteroatoms. The van der Waals surface area contributed by atoms with E-state index in [-0.39, 0.29) is 5.41 Å². The molecule has 0 amide bonds. The number of nitrogens with two attached hydrogens (primary N) is 2. The molecule has 0 unspecified atom stereocenters. The maximum atomic E-state index is 5.72. The summed E-state index contributed by atoms with van der Waals surface area (Å²) >= 11 is 0. The minimum absolute atomic E-state index is 0.0476. The first-order valence-electron chi connectivity index (χ1n) is 5.07. The maximum absolute atomic E-state index is 5.72. The smallest absolute Gasteiger partial charge is 0.154 e. The highest BCUT2D eigenvalue weighted by Gasteiger charge is 2.17. The first kappa shape index (κ1) is 10.6. The number of nitrogens with zero attached hydrogens (tertiary/aromatic N) is 3. The third kappa shape index (κ3) is 1.76. The Morgan fingerprint density at radius 3 is 2.44 bits per heavy atom. The van der Waals surface area contributed by atoms with E-state index >= 15 is 0 Å². The number of hydrogen-bond donors (Lipinski definition) is 2. The summed E-state index contributed by atoms with van der Waals surface area (Å²) < 4.78 is 0. The van der Waals surface area contributed by atoms with E-state index in [1.165, 1.54) is 0 Å². The fourth-order valence-corrected chi connectivity index (χ4v) is 1.43. The van der Waals surface area contributed by atoms with E-state index in [4.69, 9.17) is 11.5 Å². The molecule has 2 rings (SSSR count). The number of fused-ring (bicyclic) bond motifs is 1. The quantitative estimate of drug-likeness (QED) is 0.697. The Morgan fingerprint density at radius 2 is 1.81 bits per heavy atom.